The molecule has 0 amide bonds. The molecule has 1 heteroatoms. The Morgan fingerprint density at radius 1 is 1.00 bits per heavy atom. The first kappa shape index (κ1) is 29.9. The van der Waals surface area contributed by atoms with Crippen molar-refractivity contribution < 1.29 is 21.1 Å². The third-order valence-corrected chi connectivity index (χ3v) is 0. The summed E-state index contributed by atoms with van der Waals surface area (Å²) in [5.41, 5.74) is 0. The summed E-state index contributed by atoms with van der Waals surface area (Å²) in [6, 6.07) is 0. The largest absolute Gasteiger partial charge is 4.00 e. The van der Waals surface area contributed by atoms with E-state index in [1.807, 2.05) is 0 Å². The summed E-state index contributed by atoms with van der Waals surface area (Å²) in [5.74, 6) is 0. The first-order valence-corrected chi connectivity index (χ1v) is 1.000. The van der Waals surface area contributed by atoms with Gasteiger partial charge < -0.3 is 35.1 Å². The van der Waals surface area contributed by atoms with Crippen molar-refractivity contribution in [3.05, 3.63) is 28.7 Å². The Morgan fingerprint density at radius 3 is 1.00 bits per heavy atom. The first-order valence-electron chi connectivity index (χ1n) is 1.000. The molecule has 6 heavy (non-hydrogen) atoms. The molecule has 0 aliphatic carbocycles. The van der Waals surface area contributed by atoms with Crippen LogP contribution in [0.2, 0.25) is 0 Å². The van der Waals surface area contributed by atoms with Crippen LogP contribution >= 0.6 is 0 Å². The maximum atomic E-state index is 3.38. The van der Waals surface area contributed by atoms with Crippen LogP contribution in [0.25, 0.3) is 0 Å². The van der Waals surface area contributed by atoms with E-state index in [0.717, 1.165) is 6.42 Å². The van der Waals surface area contributed by atoms with Crippen LogP contribution in [0.1, 0.15) is 6.42 Å². The van der Waals surface area contributed by atoms with Gasteiger partial charge in [-0.2, -0.15) is 0 Å². The predicted molar refractivity (Wildman–Crippen MR) is 28.2 cm³/mol. The second-order valence-corrected chi connectivity index (χ2v) is 0.354. The van der Waals surface area contributed by atoms with E-state index >= 15 is 0 Å². The zero-order valence-electron chi connectivity index (χ0n) is 4.44. The number of rotatable bonds is 0. The van der Waals surface area contributed by atoms with Crippen molar-refractivity contribution in [3.8, 4) is 0 Å². The van der Waals surface area contributed by atoms with Crippen molar-refractivity contribution >= 4 is 0 Å². The molecule has 0 unspecified atom stereocenters. The molecule has 0 spiro atoms. The second-order valence-electron chi connectivity index (χ2n) is 0.354. The topological polar surface area (TPSA) is 0 Å². The normalized spacial score (nSPS) is 3.00. The van der Waals surface area contributed by atoms with Crippen LogP contribution < -0.4 is 0 Å². The Kier molecular flexibility index (Phi) is 219. The van der Waals surface area contributed by atoms with E-state index in [-0.39, 0.29) is 35.9 Å². The zero-order valence-corrected chi connectivity index (χ0v) is 6.71. The van der Waals surface area contributed by atoms with Gasteiger partial charge in [-0.3, -0.25) is 0 Å². The molecule has 0 atom stereocenters. The second kappa shape index (κ2) is 43.9. The summed E-state index contributed by atoms with van der Waals surface area (Å²) in [5, 5.41) is 0. The Bertz CT molecular complexity index is 3.90. The summed E-state index contributed by atoms with van der Waals surface area (Å²) >= 11 is 0. The van der Waals surface area contributed by atoms with Crippen LogP contribution in [0.3, 0.4) is 0 Å². The van der Waals surface area contributed by atoms with E-state index in [4.69, 9.17) is 0 Å². The molecule has 0 heterocycles. The van der Waals surface area contributed by atoms with Gasteiger partial charge in [0.05, 0.1) is 0 Å². The smallest absolute Gasteiger partial charge is 0.372 e. The van der Waals surface area contributed by atoms with Crippen molar-refractivity contribution in [1.82, 2.24) is 0 Å². The zero-order chi connectivity index (χ0) is 2.71. The Morgan fingerprint density at radius 2 is 1.00 bits per heavy atom. The Labute approximate surface area is 56.6 Å². The summed E-state index contributed by atoms with van der Waals surface area (Å²) < 4.78 is 0. The van der Waals surface area contributed by atoms with Crippen LogP contribution in [0.5, 0.6) is 0 Å². The minimum atomic E-state index is 0. The number of hydrogen-bond acceptors (Lipinski definition) is 0. The van der Waals surface area contributed by atoms with Gasteiger partial charge in [-0.25, -0.2) is 0 Å². The molecular weight excluding hydrogens is 255 g/mol. The maximum Gasteiger partial charge on any atom is 4.00 e. The summed E-state index contributed by atoms with van der Waals surface area (Å²) in [6.07, 6.45) is 0.750. The van der Waals surface area contributed by atoms with Gasteiger partial charge >= 0.3 is 21.1 Å². The molecular formula is C5H12Pt. The molecule has 0 radical (unpaired) electrons. The molecule has 0 aliphatic heterocycles. The molecule has 0 aromatic rings. The average molecular weight is 267 g/mol. The fraction of sp³-hybridized carbons (Fsp3) is 0.200. The van der Waals surface area contributed by atoms with Crippen molar-refractivity contribution in [1.29, 1.82) is 0 Å². The van der Waals surface area contributed by atoms with E-state index < -0.39 is 0 Å². The summed E-state index contributed by atoms with van der Waals surface area (Å²) in [7, 11) is 0. The van der Waals surface area contributed by atoms with Gasteiger partial charge in [0.25, 0.3) is 0 Å². The summed E-state index contributed by atoms with van der Waals surface area (Å²) in [6.45, 7) is 6.75. The molecule has 0 aromatic heterocycles. The summed E-state index contributed by atoms with van der Waals surface area (Å²) in [4.78, 5) is 0. The van der Waals surface area contributed by atoms with Gasteiger partial charge in [-0.15, -0.1) is 0 Å². The molecule has 0 N–H and O–H groups in total. The third-order valence-electron chi connectivity index (χ3n) is 0. The van der Waals surface area contributed by atoms with Crippen LogP contribution in [0.15, 0.2) is 0 Å². The Balaban J connectivity index is -0.00000000667. The van der Waals surface area contributed by atoms with Crippen molar-refractivity contribution in [2.24, 2.45) is 0 Å². The van der Waals surface area contributed by atoms with E-state index in [2.05, 4.69) is 13.8 Å². The Hall–Kier alpha value is 0.688. The van der Waals surface area contributed by atoms with Gasteiger partial charge in [-0.05, 0) is 0 Å². The third kappa shape index (κ3) is 135. The van der Waals surface area contributed by atoms with Crippen LogP contribution in [0, 0.1) is 28.7 Å². The quantitative estimate of drug-likeness (QED) is 0.588. The maximum absolute atomic E-state index is 3.38. The van der Waals surface area contributed by atoms with Crippen molar-refractivity contribution in [2.75, 3.05) is 0 Å². The van der Waals surface area contributed by atoms with E-state index in [9.17, 15) is 0 Å². The molecule has 0 saturated heterocycles. The van der Waals surface area contributed by atoms with Crippen LogP contribution in [-0.4, -0.2) is 0 Å². The molecule has 0 nitrogen and oxygen atoms in total. The van der Waals surface area contributed by atoms with Crippen LogP contribution in [0.4, 0.5) is 0 Å². The monoisotopic (exact) mass is 267 g/mol. The SMILES string of the molecule is [CH2-]C[CH2-].[CH3-].[CH3-].[Pt+4]. The van der Waals surface area contributed by atoms with Gasteiger partial charge in [0, 0.05) is 0 Å². The van der Waals surface area contributed by atoms with E-state index in [1.165, 1.54) is 0 Å². The molecule has 0 saturated carbocycles. The van der Waals surface area contributed by atoms with Crippen molar-refractivity contribution in [3.63, 3.8) is 0 Å². The molecule has 0 aromatic carbocycles. The fourth-order valence-electron chi connectivity index (χ4n) is 0. The molecule has 0 bridgehead atoms. The van der Waals surface area contributed by atoms with Gasteiger partial charge in [0.1, 0.15) is 0 Å². The number of hydrogen-bond donors (Lipinski definition) is 0. The average Bonchev–Trinajstić information content (AvgIpc) is 0.918. The predicted octanol–water partition coefficient (Wildman–Crippen LogP) is 1.94. The minimum absolute atomic E-state index is 0. The van der Waals surface area contributed by atoms with Crippen LogP contribution in [-0.2, 0) is 21.1 Å². The van der Waals surface area contributed by atoms with E-state index in [0.29, 0.717) is 0 Å². The molecule has 0 rings (SSSR count). The van der Waals surface area contributed by atoms with E-state index in [1.54, 1.807) is 0 Å². The fourth-order valence-corrected chi connectivity index (χ4v) is 0. The van der Waals surface area contributed by atoms with Gasteiger partial charge in [-0.1, -0.05) is 0 Å². The molecule has 0 fully saturated rings. The minimum Gasteiger partial charge on any atom is -0.372 e. The standard InChI is InChI=1S/C3H6.2CH3.Pt/c1-3-2;;;/h1-3H2;2*1H3;/q-2;2*-1;+4. The first-order chi connectivity index (χ1) is 1.41. The van der Waals surface area contributed by atoms with Gasteiger partial charge in [0.2, 0.25) is 0 Å². The molecule has 42 valence electrons. The van der Waals surface area contributed by atoms with Gasteiger partial charge in [0.15, 0.2) is 0 Å². The molecule has 0 aliphatic rings. The van der Waals surface area contributed by atoms with Crippen molar-refractivity contribution in [2.45, 2.75) is 6.42 Å².